The molecule has 7 nitrogen and oxygen atoms in total. The molecule has 0 spiro atoms. The SMILES string of the molecule is CN1CCN(C)C(CNc2cncc(C(=O)O)n2)C1. The number of carboxylic acid groups (broad SMARTS) is 1. The zero-order valence-electron chi connectivity index (χ0n) is 11.2. The van der Waals surface area contributed by atoms with Crippen LogP contribution in [0.1, 0.15) is 10.5 Å². The van der Waals surface area contributed by atoms with Gasteiger partial charge in [0, 0.05) is 32.2 Å². The molecule has 2 N–H and O–H groups in total. The Morgan fingerprint density at radius 3 is 3.00 bits per heavy atom. The Kier molecular flexibility index (Phi) is 4.28. The number of carbonyl (C=O) groups is 1. The topological polar surface area (TPSA) is 81.6 Å². The molecule has 2 rings (SSSR count). The minimum absolute atomic E-state index is 0.0425. The Balaban J connectivity index is 1.94. The fourth-order valence-electron chi connectivity index (χ4n) is 2.10. The van der Waals surface area contributed by atoms with Crippen LogP contribution in [0.15, 0.2) is 12.4 Å². The van der Waals surface area contributed by atoms with Crippen molar-refractivity contribution in [1.29, 1.82) is 0 Å². The molecule has 1 fully saturated rings. The lowest BCUT2D eigenvalue weighted by Crippen LogP contribution is -2.52. The van der Waals surface area contributed by atoms with E-state index in [-0.39, 0.29) is 5.69 Å². The second kappa shape index (κ2) is 5.94. The molecule has 1 aromatic heterocycles. The first-order valence-corrected chi connectivity index (χ1v) is 6.24. The number of likely N-dealkylation sites (N-methyl/N-ethyl adjacent to an activating group) is 2. The van der Waals surface area contributed by atoms with Gasteiger partial charge >= 0.3 is 5.97 Å². The fraction of sp³-hybridized carbons (Fsp3) is 0.583. The summed E-state index contributed by atoms with van der Waals surface area (Å²) in [6, 6.07) is 0.383. The maximum absolute atomic E-state index is 10.8. The van der Waals surface area contributed by atoms with Gasteiger partial charge in [-0.3, -0.25) is 9.88 Å². The number of rotatable bonds is 4. The predicted molar refractivity (Wildman–Crippen MR) is 71.4 cm³/mol. The summed E-state index contributed by atoms with van der Waals surface area (Å²) in [5, 5.41) is 12.0. The fourth-order valence-corrected chi connectivity index (χ4v) is 2.10. The van der Waals surface area contributed by atoms with E-state index < -0.39 is 5.97 Å². The molecule has 19 heavy (non-hydrogen) atoms. The second-order valence-corrected chi connectivity index (χ2v) is 4.87. The predicted octanol–water partition coefficient (Wildman–Crippen LogP) is -0.167. The van der Waals surface area contributed by atoms with Crippen LogP contribution in [0.25, 0.3) is 0 Å². The van der Waals surface area contributed by atoms with Crippen molar-refractivity contribution < 1.29 is 9.90 Å². The lowest BCUT2D eigenvalue weighted by molar-refractivity contribution is 0.0690. The molecule has 1 unspecified atom stereocenters. The van der Waals surface area contributed by atoms with Crippen molar-refractivity contribution in [2.75, 3.05) is 45.6 Å². The standard InChI is InChI=1S/C12H19N5O2/c1-16-3-4-17(2)9(8-16)5-14-11-7-13-6-10(15-11)12(18)19/h6-7,9H,3-5,8H2,1-2H3,(H,14,15)(H,18,19). The molecule has 7 heteroatoms. The zero-order chi connectivity index (χ0) is 13.8. The maximum atomic E-state index is 10.8. The number of piperazine rings is 1. The van der Waals surface area contributed by atoms with Gasteiger partial charge in [0.05, 0.1) is 12.4 Å². The van der Waals surface area contributed by atoms with Crippen LogP contribution in [-0.4, -0.2) is 77.2 Å². The minimum atomic E-state index is -1.06. The molecule has 2 heterocycles. The van der Waals surface area contributed by atoms with Gasteiger partial charge in [-0.05, 0) is 14.1 Å². The third-order valence-corrected chi connectivity index (χ3v) is 3.35. The Morgan fingerprint density at radius 2 is 2.26 bits per heavy atom. The molecule has 0 radical (unpaired) electrons. The van der Waals surface area contributed by atoms with Gasteiger partial charge < -0.3 is 15.3 Å². The van der Waals surface area contributed by atoms with Gasteiger partial charge in [-0.25, -0.2) is 9.78 Å². The van der Waals surface area contributed by atoms with Crippen molar-refractivity contribution in [1.82, 2.24) is 19.8 Å². The number of anilines is 1. The molecule has 1 aromatic rings. The zero-order valence-corrected chi connectivity index (χ0v) is 11.2. The molecule has 0 amide bonds. The maximum Gasteiger partial charge on any atom is 0.356 e. The van der Waals surface area contributed by atoms with Crippen molar-refractivity contribution in [3.63, 3.8) is 0 Å². The van der Waals surface area contributed by atoms with E-state index in [9.17, 15) is 4.79 Å². The van der Waals surface area contributed by atoms with Crippen molar-refractivity contribution in [2.45, 2.75) is 6.04 Å². The summed E-state index contributed by atoms with van der Waals surface area (Å²) in [6.45, 7) is 3.80. The summed E-state index contributed by atoms with van der Waals surface area (Å²) in [6.07, 6.45) is 2.78. The van der Waals surface area contributed by atoms with E-state index >= 15 is 0 Å². The van der Waals surface area contributed by atoms with E-state index in [1.165, 1.54) is 6.20 Å². The van der Waals surface area contributed by atoms with Crippen LogP contribution in [0.2, 0.25) is 0 Å². The van der Waals surface area contributed by atoms with E-state index in [2.05, 4.69) is 39.2 Å². The highest BCUT2D eigenvalue weighted by Gasteiger charge is 2.21. The molecule has 0 aromatic carbocycles. The summed E-state index contributed by atoms with van der Waals surface area (Å²) in [4.78, 5) is 23.3. The van der Waals surface area contributed by atoms with Gasteiger partial charge in [0.2, 0.25) is 0 Å². The summed E-state index contributed by atoms with van der Waals surface area (Å²) in [7, 11) is 4.20. The molecule has 0 aliphatic carbocycles. The van der Waals surface area contributed by atoms with Crippen molar-refractivity contribution in [3.05, 3.63) is 18.1 Å². The summed E-state index contributed by atoms with van der Waals surface area (Å²) < 4.78 is 0. The number of nitrogens with one attached hydrogen (secondary N) is 1. The number of aromatic nitrogens is 2. The third-order valence-electron chi connectivity index (χ3n) is 3.35. The molecule has 104 valence electrons. The summed E-state index contributed by atoms with van der Waals surface area (Å²) in [5.74, 6) is -0.563. The largest absolute Gasteiger partial charge is 0.476 e. The van der Waals surface area contributed by atoms with Crippen molar-refractivity contribution in [2.24, 2.45) is 0 Å². The van der Waals surface area contributed by atoms with E-state index in [1.807, 2.05) is 0 Å². The minimum Gasteiger partial charge on any atom is -0.476 e. The van der Waals surface area contributed by atoms with Gasteiger partial charge in [-0.1, -0.05) is 0 Å². The van der Waals surface area contributed by atoms with Gasteiger partial charge in [0.25, 0.3) is 0 Å². The number of carboxylic acids is 1. The smallest absolute Gasteiger partial charge is 0.356 e. The highest BCUT2D eigenvalue weighted by atomic mass is 16.4. The van der Waals surface area contributed by atoms with E-state index in [1.54, 1.807) is 6.20 Å². The van der Waals surface area contributed by atoms with Crippen LogP contribution in [-0.2, 0) is 0 Å². The summed E-state index contributed by atoms with van der Waals surface area (Å²) >= 11 is 0. The lowest BCUT2D eigenvalue weighted by atomic mass is 10.2. The van der Waals surface area contributed by atoms with Gasteiger partial charge in [-0.2, -0.15) is 0 Å². The average molecular weight is 265 g/mol. The molecular formula is C12H19N5O2. The number of hydrogen-bond acceptors (Lipinski definition) is 6. The number of aromatic carboxylic acids is 1. The second-order valence-electron chi connectivity index (χ2n) is 4.87. The number of hydrogen-bond donors (Lipinski definition) is 2. The Hall–Kier alpha value is -1.73. The number of nitrogens with zero attached hydrogens (tertiary/aromatic N) is 4. The van der Waals surface area contributed by atoms with Gasteiger partial charge in [-0.15, -0.1) is 0 Å². The lowest BCUT2D eigenvalue weighted by Gasteiger charge is -2.37. The van der Waals surface area contributed by atoms with Gasteiger partial charge in [0.15, 0.2) is 5.69 Å². The molecule has 1 saturated heterocycles. The van der Waals surface area contributed by atoms with Crippen LogP contribution in [0, 0.1) is 0 Å². The van der Waals surface area contributed by atoms with Crippen LogP contribution >= 0.6 is 0 Å². The van der Waals surface area contributed by atoms with Crippen LogP contribution in [0.3, 0.4) is 0 Å². The van der Waals surface area contributed by atoms with Crippen LogP contribution in [0.5, 0.6) is 0 Å². The van der Waals surface area contributed by atoms with Crippen molar-refractivity contribution in [3.8, 4) is 0 Å². The van der Waals surface area contributed by atoms with Gasteiger partial charge in [0.1, 0.15) is 5.82 Å². The molecule has 1 aliphatic rings. The monoisotopic (exact) mass is 265 g/mol. The van der Waals surface area contributed by atoms with Crippen molar-refractivity contribution >= 4 is 11.8 Å². The third kappa shape index (κ3) is 3.62. The Bertz CT molecular complexity index is 454. The molecule has 1 atom stereocenters. The van der Waals surface area contributed by atoms with Crippen LogP contribution in [0.4, 0.5) is 5.82 Å². The Labute approximate surface area is 112 Å². The molecule has 0 saturated carbocycles. The quantitative estimate of drug-likeness (QED) is 0.782. The highest BCUT2D eigenvalue weighted by molar-refractivity contribution is 5.85. The average Bonchev–Trinajstić information content (AvgIpc) is 2.40. The normalized spacial score (nSPS) is 21.3. The molecule has 1 aliphatic heterocycles. The molecular weight excluding hydrogens is 246 g/mol. The molecule has 0 bridgehead atoms. The Morgan fingerprint density at radius 1 is 1.47 bits per heavy atom. The first-order chi connectivity index (χ1) is 9.06. The van der Waals surface area contributed by atoms with E-state index in [4.69, 9.17) is 5.11 Å². The van der Waals surface area contributed by atoms with E-state index in [0.717, 1.165) is 26.2 Å². The highest BCUT2D eigenvalue weighted by Crippen LogP contribution is 2.08. The first kappa shape index (κ1) is 13.7. The van der Waals surface area contributed by atoms with E-state index in [0.29, 0.717) is 11.9 Å². The summed E-state index contributed by atoms with van der Waals surface area (Å²) in [5.41, 5.74) is -0.0425. The van der Waals surface area contributed by atoms with Crippen LogP contribution < -0.4 is 5.32 Å². The first-order valence-electron chi connectivity index (χ1n) is 6.24.